The van der Waals surface area contributed by atoms with Crippen molar-refractivity contribution in [1.82, 2.24) is 20.1 Å². The second kappa shape index (κ2) is 10.7. The number of methoxy groups -OCH3 is 1. The summed E-state index contributed by atoms with van der Waals surface area (Å²) in [6.07, 6.45) is 2.24. The van der Waals surface area contributed by atoms with Crippen molar-refractivity contribution in [2.75, 3.05) is 19.4 Å². The fourth-order valence-electron chi connectivity index (χ4n) is 2.92. The van der Waals surface area contributed by atoms with Gasteiger partial charge >= 0.3 is 0 Å². The van der Waals surface area contributed by atoms with E-state index in [1.807, 2.05) is 66.1 Å². The van der Waals surface area contributed by atoms with Crippen LogP contribution in [0.3, 0.4) is 0 Å². The minimum Gasteiger partial charge on any atom is -0.495 e. The molecule has 0 aliphatic heterocycles. The average Bonchev–Trinajstić information content (AvgIpc) is 3.19. The molecule has 152 valence electrons. The molecule has 0 aliphatic rings. The highest BCUT2D eigenvalue weighted by Crippen LogP contribution is 2.32. The Labute approximate surface area is 175 Å². The summed E-state index contributed by atoms with van der Waals surface area (Å²) < 4.78 is 7.59. The zero-order chi connectivity index (χ0) is 20.5. The van der Waals surface area contributed by atoms with Crippen LogP contribution in [0.1, 0.15) is 26.2 Å². The van der Waals surface area contributed by atoms with E-state index in [1.165, 1.54) is 0 Å². The highest BCUT2D eigenvalue weighted by Gasteiger charge is 2.18. The largest absolute Gasteiger partial charge is 0.495 e. The van der Waals surface area contributed by atoms with Gasteiger partial charge in [-0.1, -0.05) is 61.2 Å². The number of nitrogens with one attached hydrogen (secondary N) is 1. The normalized spacial score (nSPS) is 10.7. The number of hydrogen-bond acceptors (Lipinski definition) is 5. The Morgan fingerprint density at radius 2 is 1.86 bits per heavy atom. The Hall–Kier alpha value is -2.80. The molecule has 0 saturated carbocycles. The number of amides is 1. The first-order chi connectivity index (χ1) is 14.2. The molecule has 3 aromatic rings. The van der Waals surface area contributed by atoms with E-state index in [-0.39, 0.29) is 5.91 Å². The number of ether oxygens (including phenoxy) is 1. The molecule has 2 aromatic carbocycles. The number of aromatic nitrogens is 3. The van der Waals surface area contributed by atoms with E-state index in [4.69, 9.17) is 4.74 Å². The zero-order valence-corrected chi connectivity index (χ0v) is 17.6. The zero-order valence-electron chi connectivity index (χ0n) is 16.8. The molecule has 1 heterocycles. The van der Waals surface area contributed by atoms with Gasteiger partial charge in [0.25, 0.3) is 0 Å². The lowest BCUT2D eigenvalue weighted by atomic mass is 10.2. The van der Waals surface area contributed by atoms with E-state index in [9.17, 15) is 4.79 Å². The lowest BCUT2D eigenvalue weighted by Gasteiger charge is -2.13. The Bertz CT molecular complexity index is 928. The van der Waals surface area contributed by atoms with Crippen LogP contribution in [0, 0.1) is 0 Å². The smallest absolute Gasteiger partial charge is 0.220 e. The lowest BCUT2D eigenvalue weighted by molar-refractivity contribution is -0.121. The van der Waals surface area contributed by atoms with Gasteiger partial charge in [-0.3, -0.25) is 9.36 Å². The van der Waals surface area contributed by atoms with E-state index >= 15 is 0 Å². The minimum atomic E-state index is 0.101. The van der Waals surface area contributed by atoms with Gasteiger partial charge in [0.2, 0.25) is 5.91 Å². The van der Waals surface area contributed by atoms with Crippen LogP contribution in [0.25, 0.3) is 17.1 Å². The van der Waals surface area contributed by atoms with Crippen molar-refractivity contribution in [3.63, 3.8) is 0 Å². The van der Waals surface area contributed by atoms with Crippen LogP contribution in [-0.2, 0) is 4.79 Å². The molecule has 6 nitrogen and oxygen atoms in total. The maximum Gasteiger partial charge on any atom is 0.220 e. The van der Waals surface area contributed by atoms with Crippen molar-refractivity contribution in [1.29, 1.82) is 0 Å². The van der Waals surface area contributed by atoms with Crippen LogP contribution < -0.4 is 10.1 Å². The van der Waals surface area contributed by atoms with Crippen molar-refractivity contribution in [3.05, 3.63) is 54.6 Å². The van der Waals surface area contributed by atoms with Crippen LogP contribution in [-0.4, -0.2) is 40.1 Å². The molecule has 0 fully saturated rings. The summed E-state index contributed by atoms with van der Waals surface area (Å²) in [5.41, 5.74) is 1.87. The first-order valence-electron chi connectivity index (χ1n) is 9.78. The van der Waals surface area contributed by atoms with Gasteiger partial charge in [-0.05, 0) is 25.0 Å². The molecule has 0 saturated heterocycles. The molecular weight excluding hydrogens is 384 g/mol. The molecule has 7 heteroatoms. The quantitative estimate of drug-likeness (QED) is 0.398. The average molecular weight is 411 g/mol. The number of nitrogens with zero attached hydrogens (tertiary/aromatic N) is 3. The van der Waals surface area contributed by atoms with E-state index in [0.717, 1.165) is 53.1 Å². The van der Waals surface area contributed by atoms with Crippen LogP contribution in [0.2, 0.25) is 0 Å². The highest BCUT2D eigenvalue weighted by molar-refractivity contribution is 7.99. The third-order valence-corrected chi connectivity index (χ3v) is 5.36. The topological polar surface area (TPSA) is 69.0 Å². The number of carbonyl (C=O) groups excluding carboxylic acids is 1. The van der Waals surface area contributed by atoms with E-state index in [0.29, 0.717) is 6.42 Å². The van der Waals surface area contributed by atoms with Gasteiger partial charge in [-0.25, -0.2) is 0 Å². The van der Waals surface area contributed by atoms with Crippen molar-refractivity contribution >= 4 is 17.7 Å². The third-order valence-electron chi connectivity index (χ3n) is 4.34. The van der Waals surface area contributed by atoms with Crippen LogP contribution >= 0.6 is 11.8 Å². The molecule has 1 aromatic heterocycles. The van der Waals surface area contributed by atoms with Gasteiger partial charge in [0.15, 0.2) is 11.0 Å². The van der Waals surface area contributed by atoms with Crippen LogP contribution in [0.4, 0.5) is 0 Å². The Morgan fingerprint density at radius 3 is 2.62 bits per heavy atom. The van der Waals surface area contributed by atoms with Gasteiger partial charge in [-0.2, -0.15) is 0 Å². The monoisotopic (exact) mass is 410 g/mol. The maximum atomic E-state index is 11.8. The van der Waals surface area contributed by atoms with E-state index < -0.39 is 0 Å². The predicted octanol–water partition coefficient (Wildman–Crippen LogP) is 4.34. The number of rotatable bonds is 10. The number of thioether (sulfide) groups is 1. The van der Waals surface area contributed by atoms with Crippen molar-refractivity contribution in [3.8, 4) is 22.8 Å². The predicted molar refractivity (Wildman–Crippen MR) is 117 cm³/mol. The molecule has 0 atom stereocenters. The van der Waals surface area contributed by atoms with Gasteiger partial charge in [-0.15, -0.1) is 10.2 Å². The number of carbonyl (C=O) groups is 1. The summed E-state index contributed by atoms with van der Waals surface area (Å²) in [6, 6.07) is 17.8. The van der Waals surface area contributed by atoms with Crippen molar-refractivity contribution in [2.24, 2.45) is 0 Å². The summed E-state index contributed by atoms with van der Waals surface area (Å²) in [6.45, 7) is 2.78. The van der Waals surface area contributed by atoms with Crippen LogP contribution in [0.5, 0.6) is 5.75 Å². The highest BCUT2D eigenvalue weighted by atomic mass is 32.2. The van der Waals surface area contributed by atoms with E-state index in [2.05, 4.69) is 15.5 Å². The van der Waals surface area contributed by atoms with Gasteiger partial charge in [0.1, 0.15) is 5.75 Å². The van der Waals surface area contributed by atoms with Crippen LogP contribution in [0.15, 0.2) is 59.8 Å². The second-order valence-electron chi connectivity index (χ2n) is 6.48. The van der Waals surface area contributed by atoms with Gasteiger partial charge < -0.3 is 10.1 Å². The van der Waals surface area contributed by atoms with E-state index in [1.54, 1.807) is 18.9 Å². The molecule has 0 radical (unpaired) electrons. The summed E-state index contributed by atoms with van der Waals surface area (Å²) in [5.74, 6) is 2.40. The third kappa shape index (κ3) is 5.38. The Kier molecular flexibility index (Phi) is 7.69. The minimum absolute atomic E-state index is 0.101. The molecule has 0 unspecified atom stereocenters. The molecule has 29 heavy (non-hydrogen) atoms. The molecule has 0 bridgehead atoms. The summed E-state index contributed by atoms with van der Waals surface area (Å²) in [7, 11) is 1.66. The second-order valence-corrected chi connectivity index (χ2v) is 7.54. The molecular formula is C22H26N4O2S. The molecule has 3 rings (SSSR count). The molecule has 1 N–H and O–H groups in total. The number of para-hydroxylation sites is 2. The first kappa shape index (κ1) is 20.9. The maximum absolute atomic E-state index is 11.8. The van der Waals surface area contributed by atoms with Gasteiger partial charge in [0, 0.05) is 24.3 Å². The lowest BCUT2D eigenvalue weighted by Crippen LogP contribution is -2.23. The summed E-state index contributed by atoms with van der Waals surface area (Å²) >= 11 is 1.60. The first-order valence-corrected chi connectivity index (χ1v) is 10.8. The SMILES string of the molecule is CCCNC(=O)CCCSc1nnc(-c2ccccc2)n1-c1ccccc1OC. The van der Waals surface area contributed by atoms with Crippen molar-refractivity contribution in [2.45, 2.75) is 31.3 Å². The molecule has 0 spiro atoms. The standard InChI is InChI=1S/C22H26N4O2S/c1-3-15-23-20(27)14-9-16-29-22-25-24-21(17-10-5-4-6-11-17)26(22)18-12-7-8-13-19(18)28-2/h4-8,10-13H,3,9,14-16H2,1-2H3,(H,23,27). The molecule has 1 amide bonds. The Morgan fingerprint density at radius 1 is 1.10 bits per heavy atom. The molecule has 0 aliphatic carbocycles. The number of hydrogen-bond donors (Lipinski definition) is 1. The fourth-order valence-corrected chi connectivity index (χ4v) is 3.80. The number of benzene rings is 2. The fraction of sp³-hybridized carbons (Fsp3) is 0.318. The van der Waals surface area contributed by atoms with Crippen molar-refractivity contribution < 1.29 is 9.53 Å². The Balaban J connectivity index is 1.82. The summed E-state index contributed by atoms with van der Waals surface area (Å²) in [5, 5.41) is 12.6. The van der Waals surface area contributed by atoms with Gasteiger partial charge in [0.05, 0.1) is 12.8 Å². The summed E-state index contributed by atoms with van der Waals surface area (Å²) in [4.78, 5) is 11.8.